The number of hydrogen-bond donors (Lipinski definition) is 2. The number of pyridine rings is 1. The van der Waals surface area contributed by atoms with Gasteiger partial charge in [0.2, 0.25) is 11.9 Å². The van der Waals surface area contributed by atoms with Gasteiger partial charge in [0.1, 0.15) is 15.7 Å². The van der Waals surface area contributed by atoms with E-state index < -0.39 is 11.9 Å². The van der Waals surface area contributed by atoms with Gasteiger partial charge in [-0.05, 0) is 31.5 Å². The Hall–Kier alpha value is -3.18. The van der Waals surface area contributed by atoms with E-state index in [0.717, 1.165) is 24.3 Å². The molecular weight excluding hydrogens is 435 g/mol. The van der Waals surface area contributed by atoms with Gasteiger partial charge in [0.15, 0.2) is 0 Å². The molecule has 0 saturated carbocycles. The number of esters is 1. The lowest BCUT2D eigenvalue weighted by molar-refractivity contribution is 0.0530. The number of thiazole rings is 1. The predicted octanol–water partition coefficient (Wildman–Crippen LogP) is 2.74. The summed E-state index contributed by atoms with van der Waals surface area (Å²) >= 11 is 1.06. The maximum Gasteiger partial charge on any atom is 0.350 e. The maximum absolute atomic E-state index is 14.9. The molecule has 11 heteroatoms. The standard InChI is InChI=1S/C21H23FN6O3S/c1-2-31-20(30)17-15(10-25-21-23-7-3-8-24-21)26-19(32-17)14-4-5-16(27-18(14)22)28-9-6-13(11-28)12-29/h3-5,7-8,13,29H,2,6,9-12H2,1H3,(H,23,24,25)/t13-/m0/s1. The summed E-state index contributed by atoms with van der Waals surface area (Å²) < 4.78 is 20.1. The number of halogens is 1. The number of anilines is 2. The molecular formula is C21H23FN6O3S. The van der Waals surface area contributed by atoms with E-state index in [1.54, 1.807) is 37.5 Å². The smallest absolute Gasteiger partial charge is 0.350 e. The van der Waals surface area contributed by atoms with Crippen molar-refractivity contribution in [2.24, 2.45) is 5.92 Å². The minimum Gasteiger partial charge on any atom is -0.462 e. The van der Waals surface area contributed by atoms with Crippen LogP contribution in [0.2, 0.25) is 0 Å². The lowest BCUT2D eigenvalue weighted by atomic mass is 10.1. The summed E-state index contributed by atoms with van der Waals surface area (Å²) in [5.41, 5.74) is 0.633. The minimum atomic E-state index is -0.662. The van der Waals surface area contributed by atoms with Crippen LogP contribution in [0, 0.1) is 11.9 Å². The van der Waals surface area contributed by atoms with Crippen LogP contribution in [0.5, 0.6) is 0 Å². The van der Waals surface area contributed by atoms with Gasteiger partial charge >= 0.3 is 5.97 Å². The summed E-state index contributed by atoms with van der Waals surface area (Å²) in [7, 11) is 0. The summed E-state index contributed by atoms with van der Waals surface area (Å²) in [4.78, 5) is 31.5. The van der Waals surface area contributed by atoms with Crippen molar-refractivity contribution in [1.29, 1.82) is 0 Å². The minimum absolute atomic E-state index is 0.109. The number of nitrogens with zero attached hydrogens (tertiary/aromatic N) is 5. The number of ether oxygens (including phenoxy) is 1. The van der Waals surface area contributed by atoms with E-state index >= 15 is 0 Å². The molecule has 0 aliphatic carbocycles. The van der Waals surface area contributed by atoms with E-state index in [0.29, 0.717) is 33.9 Å². The molecule has 0 aromatic carbocycles. The van der Waals surface area contributed by atoms with E-state index in [4.69, 9.17) is 4.74 Å². The monoisotopic (exact) mass is 458 g/mol. The average Bonchev–Trinajstić information content (AvgIpc) is 3.46. The molecule has 1 aliphatic rings. The highest BCUT2D eigenvalue weighted by molar-refractivity contribution is 7.17. The summed E-state index contributed by atoms with van der Waals surface area (Å²) in [6.45, 7) is 3.59. The van der Waals surface area contributed by atoms with Gasteiger partial charge in [-0.15, -0.1) is 11.3 Å². The fraction of sp³-hybridized carbons (Fsp3) is 0.381. The molecule has 0 amide bonds. The highest BCUT2D eigenvalue weighted by Crippen LogP contribution is 2.32. The van der Waals surface area contributed by atoms with Gasteiger partial charge in [-0.3, -0.25) is 0 Å². The van der Waals surface area contributed by atoms with Gasteiger partial charge in [0.25, 0.3) is 0 Å². The third-order valence-electron chi connectivity index (χ3n) is 5.07. The Labute approximate surface area is 188 Å². The molecule has 1 aliphatic heterocycles. The molecule has 1 saturated heterocycles. The lowest BCUT2D eigenvalue weighted by Gasteiger charge is -2.17. The Morgan fingerprint density at radius 1 is 1.34 bits per heavy atom. The van der Waals surface area contributed by atoms with Gasteiger partial charge in [-0.25, -0.2) is 24.7 Å². The van der Waals surface area contributed by atoms with Crippen LogP contribution >= 0.6 is 11.3 Å². The zero-order valence-corrected chi connectivity index (χ0v) is 18.3. The Morgan fingerprint density at radius 3 is 2.84 bits per heavy atom. The molecule has 168 valence electrons. The number of aromatic nitrogens is 4. The third-order valence-corrected chi connectivity index (χ3v) is 6.18. The summed E-state index contributed by atoms with van der Waals surface area (Å²) in [5.74, 6) is -0.0910. The van der Waals surface area contributed by atoms with E-state index in [1.165, 1.54) is 0 Å². The average molecular weight is 459 g/mol. The number of rotatable bonds is 8. The zero-order valence-electron chi connectivity index (χ0n) is 17.5. The zero-order chi connectivity index (χ0) is 22.5. The van der Waals surface area contributed by atoms with Crippen molar-refractivity contribution in [3.8, 4) is 10.6 Å². The van der Waals surface area contributed by atoms with Crippen LogP contribution in [0.4, 0.5) is 16.2 Å². The van der Waals surface area contributed by atoms with E-state index in [-0.39, 0.29) is 31.2 Å². The van der Waals surface area contributed by atoms with Crippen molar-refractivity contribution >= 4 is 29.1 Å². The highest BCUT2D eigenvalue weighted by atomic mass is 32.1. The van der Waals surface area contributed by atoms with Crippen LogP contribution in [0.1, 0.15) is 28.7 Å². The van der Waals surface area contributed by atoms with Crippen LogP contribution in [0.15, 0.2) is 30.6 Å². The van der Waals surface area contributed by atoms with Gasteiger partial charge in [-0.2, -0.15) is 4.39 Å². The van der Waals surface area contributed by atoms with Crippen LogP contribution in [-0.4, -0.2) is 57.3 Å². The first-order valence-corrected chi connectivity index (χ1v) is 11.1. The number of carbonyl (C=O) groups excluding carboxylic acids is 1. The van der Waals surface area contributed by atoms with Crippen molar-refractivity contribution in [3.05, 3.63) is 47.1 Å². The second kappa shape index (κ2) is 9.96. The topological polar surface area (TPSA) is 113 Å². The Bertz CT molecular complexity index is 1080. The van der Waals surface area contributed by atoms with Crippen molar-refractivity contribution < 1.29 is 19.0 Å². The van der Waals surface area contributed by atoms with Crippen LogP contribution in [0.3, 0.4) is 0 Å². The fourth-order valence-corrected chi connectivity index (χ4v) is 4.44. The molecule has 0 spiro atoms. The normalized spacial score (nSPS) is 15.7. The quantitative estimate of drug-likeness (QED) is 0.388. The highest BCUT2D eigenvalue weighted by Gasteiger charge is 2.25. The molecule has 0 bridgehead atoms. The van der Waals surface area contributed by atoms with Gasteiger partial charge in [0.05, 0.1) is 24.4 Å². The molecule has 3 aromatic heterocycles. The molecule has 1 atom stereocenters. The summed E-state index contributed by atoms with van der Waals surface area (Å²) in [5, 5.41) is 12.7. The molecule has 9 nitrogen and oxygen atoms in total. The number of aliphatic hydroxyl groups excluding tert-OH is 1. The van der Waals surface area contributed by atoms with Crippen molar-refractivity contribution in [2.75, 3.05) is 36.5 Å². The lowest BCUT2D eigenvalue weighted by Crippen LogP contribution is -2.22. The summed E-state index contributed by atoms with van der Waals surface area (Å²) in [6.07, 6.45) is 4.04. The molecule has 4 rings (SSSR count). The van der Waals surface area contributed by atoms with Crippen LogP contribution in [-0.2, 0) is 11.3 Å². The predicted molar refractivity (Wildman–Crippen MR) is 118 cm³/mol. The number of aliphatic hydroxyl groups is 1. The number of carbonyl (C=O) groups is 1. The maximum atomic E-state index is 14.9. The summed E-state index contributed by atoms with van der Waals surface area (Å²) in [6, 6.07) is 5.05. The number of nitrogens with one attached hydrogen (secondary N) is 1. The molecule has 32 heavy (non-hydrogen) atoms. The molecule has 2 N–H and O–H groups in total. The molecule has 3 aromatic rings. The van der Waals surface area contributed by atoms with Gasteiger partial charge < -0.3 is 20.1 Å². The Morgan fingerprint density at radius 2 is 2.16 bits per heavy atom. The molecule has 0 radical (unpaired) electrons. The first kappa shape index (κ1) is 22.0. The van der Waals surface area contributed by atoms with Crippen molar-refractivity contribution in [1.82, 2.24) is 19.9 Å². The van der Waals surface area contributed by atoms with Gasteiger partial charge in [-0.1, -0.05) is 0 Å². The van der Waals surface area contributed by atoms with E-state index in [1.807, 2.05) is 4.90 Å². The fourth-order valence-electron chi connectivity index (χ4n) is 3.45. The van der Waals surface area contributed by atoms with Crippen molar-refractivity contribution in [3.63, 3.8) is 0 Å². The Balaban J connectivity index is 1.59. The largest absolute Gasteiger partial charge is 0.462 e. The van der Waals surface area contributed by atoms with Crippen LogP contribution < -0.4 is 10.2 Å². The molecule has 0 unspecified atom stereocenters. The number of hydrogen-bond acceptors (Lipinski definition) is 10. The van der Waals surface area contributed by atoms with E-state index in [9.17, 15) is 14.3 Å². The second-order valence-electron chi connectivity index (χ2n) is 7.23. The molecule has 1 fully saturated rings. The van der Waals surface area contributed by atoms with Gasteiger partial charge in [0, 0.05) is 38.0 Å². The van der Waals surface area contributed by atoms with Crippen molar-refractivity contribution in [2.45, 2.75) is 19.9 Å². The van der Waals surface area contributed by atoms with Crippen LogP contribution in [0.25, 0.3) is 10.6 Å². The second-order valence-corrected chi connectivity index (χ2v) is 8.23. The SMILES string of the molecule is CCOC(=O)c1sc(-c2ccc(N3CC[C@H](CO)C3)nc2F)nc1CNc1ncccn1. The first-order valence-electron chi connectivity index (χ1n) is 10.3. The third kappa shape index (κ3) is 4.83. The first-order chi connectivity index (χ1) is 15.6. The Kier molecular flexibility index (Phi) is 6.86. The molecule has 4 heterocycles. The van der Waals surface area contributed by atoms with E-state index in [2.05, 4.69) is 25.3 Å².